The van der Waals surface area contributed by atoms with E-state index in [9.17, 15) is 4.79 Å². The quantitative estimate of drug-likeness (QED) is 0.563. The van der Waals surface area contributed by atoms with Crippen LogP contribution in [0.1, 0.15) is 44.6 Å². The van der Waals surface area contributed by atoms with E-state index in [0.29, 0.717) is 12.0 Å². The molecule has 164 valence electrons. The fourth-order valence-electron chi connectivity index (χ4n) is 4.63. The van der Waals surface area contributed by atoms with Crippen LogP contribution in [0.3, 0.4) is 0 Å². The van der Waals surface area contributed by atoms with Crippen LogP contribution >= 0.6 is 0 Å². The van der Waals surface area contributed by atoms with Gasteiger partial charge in [-0.2, -0.15) is 0 Å². The fourth-order valence-corrected chi connectivity index (χ4v) is 4.63. The zero-order valence-electron chi connectivity index (χ0n) is 18.3. The molecule has 4 rings (SSSR count). The van der Waals surface area contributed by atoms with Crippen molar-refractivity contribution in [2.45, 2.75) is 57.3 Å². The maximum Gasteiger partial charge on any atom is 0.261 e. The number of hydrogen-bond donors (Lipinski definition) is 4. The lowest BCUT2D eigenvalue weighted by Gasteiger charge is -2.38. The third-order valence-corrected chi connectivity index (χ3v) is 6.57. The number of para-hydroxylation sites is 1. The minimum absolute atomic E-state index is 0.0580. The topological polar surface area (TPSA) is 84.0 Å². The van der Waals surface area contributed by atoms with Crippen molar-refractivity contribution in [3.8, 4) is 0 Å². The number of fused-ring (bicyclic) bond motifs is 1. The summed E-state index contributed by atoms with van der Waals surface area (Å²) in [4.78, 5) is 22.1. The predicted octanol–water partition coefficient (Wildman–Crippen LogP) is 1.30. The molecule has 0 spiro atoms. The van der Waals surface area contributed by atoms with E-state index in [4.69, 9.17) is 0 Å². The highest BCUT2D eigenvalue weighted by Crippen LogP contribution is 2.34. The number of nitrogens with one attached hydrogen (secondary N) is 4. The smallest absolute Gasteiger partial charge is 0.261 e. The molecule has 3 heterocycles. The minimum atomic E-state index is -0.580. The SMILES string of the molecule is CCCC(CC1CNc2ccccc21)NC(=O)C1N=C(N2CCN(C)C(C)C2)NN1. The van der Waals surface area contributed by atoms with E-state index in [1.165, 1.54) is 11.3 Å². The van der Waals surface area contributed by atoms with Crippen LogP contribution < -0.4 is 21.5 Å². The number of carbonyl (C=O) groups excluding carboxylic acids is 1. The van der Waals surface area contributed by atoms with Gasteiger partial charge in [0.05, 0.1) is 0 Å². The van der Waals surface area contributed by atoms with Crippen LogP contribution in [0.2, 0.25) is 0 Å². The van der Waals surface area contributed by atoms with Crippen molar-refractivity contribution in [2.75, 3.05) is 38.5 Å². The second-order valence-corrected chi connectivity index (χ2v) is 8.80. The Morgan fingerprint density at radius 3 is 2.97 bits per heavy atom. The standard InChI is InChI=1S/C22H35N7O/c1-4-7-17(12-16-13-23-19-9-6-5-8-18(16)19)24-21(30)20-25-22(27-26-20)29-11-10-28(3)15(2)14-29/h5-6,8-9,15-17,20,23,26H,4,7,10-14H2,1-3H3,(H,24,30)(H,25,27). The lowest BCUT2D eigenvalue weighted by molar-refractivity contribution is -0.123. The molecule has 8 nitrogen and oxygen atoms in total. The van der Waals surface area contributed by atoms with Gasteiger partial charge in [-0.1, -0.05) is 31.5 Å². The van der Waals surface area contributed by atoms with Gasteiger partial charge in [-0.25, -0.2) is 10.4 Å². The Kier molecular flexibility index (Phi) is 6.43. The lowest BCUT2D eigenvalue weighted by atomic mass is 9.92. The van der Waals surface area contributed by atoms with Gasteiger partial charge in [-0.05, 0) is 38.4 Å². The lowest BCUT2D eigenvalue weighted by Crippen LogP contribution is -2.55. The van der Waals surface area contributed by atoms with Crippen molar-refractivity contribution in [3.05, 3.63) is 29.8 Å². The Bertz CT molecular complexity index is 783. The third kappa shape index (κ3) is 4.54. The first-order chi connectivity index (χ1) is 14.5. The van der Waals surface area contributed by atoms with Crippen molar-refractivity contribution < 1.29 is 4.79 Å². The first-order valence-electron chi connectivity index (χ1n) is 11.2. The Balaban J connectivity index is 1.35. The molecule has 1 amide bonds. The number of nitrogens with zero attached hydrogens (tertiary/aromatic N) is 3. The van der Waals surface area contributed by atoms with E-state index >= 15 is 0 Å². The van der Waals surface area contributed by atoms with Crippen LogP contribution in [0, 0.1) is 0 Å². The molecule has 0 aliphatic carbocycles. The van der Waals surface area contributed by atoms with Crippen molar-refractivity contribution in [3.63, 3.8) is 0 Å². The van der Waals surface area contributed by atoms with E-state index < -0.39 is 6.17 Å². The van der Waals surface area contributed by atoms with Gasteiger partial charge in [-0.15, -0.1) is 0 Å². The van der Waals surface area contributed by atoms with Crippen LogP contribution in [0.4, 0.5) is 5.69 Å². The second kappa shape index (κ2) is 9.22. The first-order valence-corrected chi connectivity index (χ1v) is 11.2. The van der Waals surface area contributed by atoms with Crippen molar-refractivity contribution in [2.24, 2.45) is 4.99 Å². The molecule has 1 aromatic carbocycles. The highest BCUT2D eigenvalue weighted by Gasteiger charge is 2.31. The summed E-state index contributed by atoms with van der Waals surface area (Å²) in [5, 5.41) is 6.74. The Morgan fingerprint density at radius 2 is 2.17 bits per heavy atom. The van der Waals surface area contributed by atoms with Gasteiger partial charge in [-0.3, -0.25) is 10.2 Å². The zero-order chi connectivity index (χ0) is 21.1. The Hall–Kier alpha value is -2.32. The van der Waals surface area contributed by atoms with Crippen molar-refractivity contribution in [1.82, 2.24) is 26.0 Å². The molecular weight excluding hydrogens is 378 g/mol. The summed E-state index contributed by atoms with van der Waals surface area (Å²) in [6, 6.07) is 9.09. The number of hydrogen-bond acceptors (Lipinski definition) is 7. The molecule has 30 heavy (non-hydrogen) atoms. The molecule has 0 saturated carbocycles. The van der Waals surface area contributed by atoms with E-state index in [1.54, 1.807) is 0 Å². The summed E-state index contributed by atoms with van der Waals surface area (Å²) in [5.41, 5.74) is 8.76. The molecule has 1 aromatic rings. The maximum absolute atomic E-state index is 12.9. The number of hydrazine groups is 1. The summed E-state index contributed by atoms with van der Waals surface area (Å²) in [5.74, 6) is 1.15. The molecule has 0 bridgehead atoms. The number of rotatable bonds is 6. The number of guanidine groups is 1. The average Bonchev–Trinajstić information content (AvgIpc) is 3.38. The third-order valence-electron chi connectivity index (χ3n) is 6.57. The molecule has 4 unspecified atom stereocenters. The van der Waals surface area contributed by atoms with Crippen LogP contribution in [-0.2, 0) is 4.79 Å². The van der Waals surface area contributed by atoms with Gasteiger partial charge >= 0.3 is 0 Å². The highest BCUT2D eigenvalue weighted by atomic mass is 16.2. The number of piperazine rings is 1. The summed E-state index contributed by atoms with van der Waals surface area (Å²) < 4.78 is 0. The number of anilines is 1. The molecule has 8 heteroatoms. The molecule has 0 radical (unpaired) electrons. The molecular formula is C22H35N7O. The number of likely N-dealkylation sites (N-methyl/N-ethyl adjacent to an activating group) is 1. The molecule has 1 fully saturated rings. The molecule has 0 aromatic heterocycles. The van der Waals surface area contributed by atoms with Crippen LogP contribution in [0.25, 0.3) is 0 Å². The van der Waals surface area contributed by atoms with E-state index in [-0.39, 0.29) is 11.9 Å². The highest BCUT2D eigenvalue weighted by molar-refractivity contribution is 5.89. The summed E-state index contributed by atoms with van der Waals surface area (Å²) >= 11 is 0. The Labute approximate surface area is 179 Å². The monoisotopic (exact) mass is 413 g/mol. The van der Waals surface area contributed by atoms with Gasteiger partial charge in [0.25, 0.3) is 5.91 Å². The summed E-state index contributed by atoms with van der Waals surface area (Å²) in [6.45, 7) is 8.13. The zero-order valence-corrected chi connectivity index (χ0v) is 18.3. The molecule has 1 saturated heterocycles. The fraction of sp³-hybridized carbons (Fsp3) is 0.636. The van der Waals surface area contributed by atoms with E-state index in [2.05, 4.69) is 81.4 Å². The maximum atomic E-state index is 12.9. The minimum Gasteiger partial charge on any atom is -0.384 e. The molecule has 4 N–H and O–H groups in total. The van der Waals surface area contributed by atoms with Crippen LogP contribution in [-0.4, -0.2) is 73.1 Å². The number of benzene rings is 1. The van der Waals surface area contributed by atoms with Gasteiger partial charge in [0, 0.05) is 49.9 Å². The summed E-state index contributed by atoms with van der Waals surface area (Å²) in [7, 11) is 2.15. The number of aliphatic imine (C=N–C) groups is 1. The van der Waals surface area contributed by atoms with Gasteiger partial charge in [0.1, 0.15) is 0 Å². The summed E-state index contributed by atoms with van der Waals surface area (Å²) in [6.07, 6.45) is 2.37. The Morgan fingerprint density at radius 1 is 1.33 bits per heavy atom. The van der Waals surface area contributed by atoms with Gasteiger partial charge in [0.15, 0.2) is 6.17 Å². The molecule has 3 aliphatic heterocycles. The largest absolute Gasteiger partial charge is 0.384 e. The predicted molar refractivity (Wildman–Crippen MR) is 120 cm³/mol. The second-order valence-electron chi connectivity index (χ2n) is 8.80. The van der Waals surface area contributed by atoms with Crippen molar-refractivity contribution >= 4 is 17.6 Å². The number of amides is 1. The van der Waals surface area contributed by atoms with E-state index in [1.807, 2.05) is 0 Å². The molecule has 4 atom stereocenters. The van der Waals surface area contributed by atoms with Gasteiger partial charge in [0.2, 0.25) is 5.96 Å². The molecule has 3 aliphatic rings. The van der Waals surface area contributed by atoms with Crippen molar-refractivity contribution in [1.29, 1.82) is 0 Å². The van der Waals surface area contributed by atoms with Gasteiger partial charge < -0.3 is 20.4 Å². The number of carbonyl (C=O) groups is 1. The van der Waals surface area contributed by atoms with Crippen LogP contribution in [0.5, 0.6) is 0 Å². The van der Waals surface area contributed by atoms with E-state index in [0.717, 1.165) is 51.4 Å². The first kappa shape index (κ1) is 20.9. The average molecular weight is 414 g/mol. The normalized spacial score (nSPS) is 27.1. The van der Waals surface area contributed by atoms with Crippen LogP contribution in [0.15, 0.2) is 29.3 Å².